The van der Waals surface area contributed by atoms with Gasteiger partial charge in [0.15, 0.2) is 0 Å². The van der Waals surface area contributed by atoms with Crippen LogP contribution < -0.4 is 10.6 Å². The van der Waals surface area contributed by atoms with Crippen LogP contribution >= 0.6 is 47.4 Å². The van der Waals surface area contributed by atoms with E-state index in [-0.39, 0.29) is 35.9 Å². The summed E-state index contributed by atoms with van der Waals surface area (Å²) in [5.41, 5.74) is 5.86. The Hall–Kier alpha value is -0.460. The number of anilines is 1. The molecule has 8 heteroatoms. The summed E-state index contributed by atoms with van der Waals surface area (Å²) >= 11 is 13.1. The van der Waals surface area contributed by atoms with E-state index in [1.165, 1.54) is 17.8 Å². The largest absolute Gasteiger partial charge is 0.330 e. The third-order valence-corrected chi connectivity index (χ3v) is 4.68. The van der Waals surface area contributed by atoms with Crippen LogP contribution in [0.3, 0.4) is 0 Å². The van der Waals surface area contributed by atoms with Crippen LogP contribution in [0.15, 0.2) is 18.2 Å². The Bertz CT molecular complexity index is 527. The van der Waals surface area contributed by atoms with Crippen LogP contribution in [0.4, 0.5) is 5.69 Å². The van der Waals surface area contributed by atoms with Crippen LogP contribution in [0.25, 0.3) is 0 Å². The number of thioether (sulfide) groups is 1. The second kappa shape index (κ2) is 7.52. The van der Waals surface area contributed by atoms with Gasteiger partial charge in [-0.25, -0.2) is 4.90 Å². The lowest BCUT2D eigenvalue weighted by molar-refractivity contribution is -0.121. The highest BCUT2D eigenvalue weighted by Crippen LogP contribution is 2.33. The molecule has 1 aromatic rings. The zero-order valence-corrected chi connectivity index (χ0v) is 13.5. The van der Waals surface area contributed by atoms with Gasteiger partial charge in [-0.3, -0.25) is 9.59 Å². The normalized spacial score (nSPS) is 18.4. The molecule has 1 unspecified atom stereocenters. The van der Waals surface area contributed by atoms with E-state index in [0.717, 1.165) is 4.90 Å². The number of hydrogen-bond donors (Lipinski definition) is 1. The molecule has 0 bridgehead atoms. The van der Waals surface area contributed by atoms with Crippen molar-refractivity contribution in [1.29, 1.82) is 0 Å². The van der Waals surface area contributed by atoms with Gasteiger partial charge in [0, 0.05) is 18.7 Å². The van der Waals surface area contributed by atoms with E-state index in [4.69, 9.17) is 28.9 Å². The predicted molar refractivity (Wildman–Crippen MR) is 86.1 cm³/mol. The van der Waals surface area contributed by atoms with Gasteiger partial charge in [0.05, 0.1) is 21.0 Å². The Balaban J connectivity index is 0.00000200. The minimum absolute atomic E-state index is 0. The quantitative estimate of drug-likeness (QED) is 0.844. The van der Waals surface area contributed by atoms with E-state index in [0.29, 0.717) is 28.0 Å². The second-order valence-corrected chi connectivity index (χ2v) is 6.14. The molecule has 1 atom stereocenters. The zero-order valence-electron chi connectivity index (χ0n) is 10.3. The number of rotatable bonds is 4. The molecule has 1 aliphatic rings. The van der Waals surface area contributed by atoms with E-state index in [2.05, 4.69) is 0 Å². The minimum Gasteiger partial charge on any atom is -0.330 e. The molecule has 1 saturated heterocycles. The number of carbonyl (C=O) groups excluding carboxylic acids is 2. The van der Waals surface area contributed by atoms with Gasteiger partial charge >= 0.3 is 0 Å². The first-order valence-corrected chi connectivity index (χ1v) is 7.48. The lowest BCUT2D eigenvalue weighted by Gasteiger charge is -2.15. The van der Waals surface area contributed by atoms with E-state index in [1.54, 1.807) is 12.1 Å². The number of imide groups is 1. The molecule has 2 amide bonds. The molecule has 20 heavy (non-hydrogen) atoms. The number of amides is 2. The number of hydrogen-bond acceptors (Lipinski definition) is 4. The predicted octanol–water partition coefficient (Wildman–Crippen LogP) is 2.74. The van der Waals surface area contributed by atoms with Gasteiger partial charge in [-0.15, -0.1) is 24.2 Å². The third kappa shape index (κ3) is 3.59. The Morgan fingerprint density at radius 2 is 2.00 bits per heavy atom. The van der Waals surface area contributed by atoms with Crippen molar-refractivity contribution in [3.05, 3.63) is 28.2 Å². The maximum atomic E-state index is 12.2. The van der Waals surface area contributed by atoms with Crippen LogP contribution in [-0.4, -0.2) is 29.4 Å². The Morgan fingerprint density at radius 3 is 2.60 bits per heavy atom. The van der Waals surface area contributed by atoms with E-state index in [9.17, 15) is 9.59 Å². The summed E-state index contributed by atoms with van der Waals surface area (Å²) in [5, 5.41) is 0.349. The third-order valence-electron chi connectivity index (χ3n) is 2.70. The van der Waals surface area contributed by atoms with Crippen molar-refractivity contribution in [1.82, 2.24) is 0 Å². The fourth-order valence-corrected chi connectivity index (χ4v) is 3.06. The molecule has 110 valence electrons. The smallest absolute Gasteiger partial charge is 0.247 e. The molecule has 0 radical (unpaired) electrons. The Labute approximate surface area is 137 Å². The van der Waals surface area contributed by atoms with Gasteiger partial charge in [-0.2, -0.15) is 0 Å². The average molecular weight is 356 g/mol. The molecule has 0 aromatic heterocycles. The van der Waals surface area contributed by atoms with Gasteiger partial charge in [0.2, 0.25) is 11.8 Å². The van der Waals surface area contributed by atoms with Gasteiger partial charge in [0.25, 0.3) is 0 Å². The summed E-state index contributed by atoms with van der Waals surface area (Å²) in [4.78, 5) is 25.3. The standard InChI is InChI=1S/C12H12Cl2N2O2S.ClH/c13-8-2-1-7(5-9(8)14)16-11(17)6-10(12(16)18)19-4-3-15;/h1-2,5,10H,3-4,6,15H2;1H. The number of benzene rings is 1. The summed E-state index contributed by atoms with van der Waals surface area (Å²) in [5.74, 6) is 0.207. The lowest BCUT2D eigenvalue weighted by atomic mass is 10.3. The van der Waals surface area contributed by atoms with Crippen LogP contribution in [0.5, 0.6) is 0 Å². The first-order valence-electron chi connectivity index (χ1n) is 5.68. The van der Waals surface area contributed by atoms with Gasteiger partial charge in [-0.05, 0) is 18.2 Å². The molecule has 0 aliphatic carbocycles. The minimum atomic E-state index is -0.356. The second-order valence-electron chi connectivity index (χ2n) is 4.02. The monoisotopic (exact) mass is 354 g/mol. The average Bonchev–Trinajstić information content (AvgIpc) is 2.65. The molecule has 0 spiro atoms. The van der Waals surface area contributed by atoms with Crippen molar-refractivity contribution >= 4 is 64.9 Å². The van der Waals surface area contributed by atoms with Gasteiger partial charge in [0.1, 0.15) is 0 Å². The van der Waals surface area contributed by atoms with Gasteiger partial charge in [-0.1, -0.05) is 23.2 Å². The summed E-state index contributed by atoms with van der Waals surface area (Å²) in [7, 11) is 0. The lowest BCUT2D eigenvalue weighted by Crippen LogP contribution is -2.31. The van der Waals surface area contributed by atoms with Crippen LogP contribution in [0.2, 0.25) is 10.0 Å². The van der Waals surface area contributed by atoms with Crippen LogP contribution in [-0.2, 0) is 9.59 Å². The molecule has 1 aromatic carbocycles. The summed E-state index contributed by atoms with van der Waals surface area (Å²) in [6.07, 6.45) is 0.198. The maximum absolute atomic E-state index is 12.2. The molecular formula is C12H13Cl3N2O2S. The van der Waals surface area contributed by atoms with Gasteiger partial charge < -0.3 is 5.73 Å². The van der Waals surface area contributed by atoms with E-state index < -0.39 is 0 Å². The van der Waals surface area contributed by atoms with Crippen molar-refractivity contribution in [3.63, 3.8) is 0 Å². The fourth-order valence-electron chi connectivity index (χ4n) is 1.84. The number of nitrogens with zero attached hydrogens (tertiary/aromatic N) is 1. The van der Waals surface area contributed by atoms with Crippen LogP contribution in [0, 0.1) is 0 Å². The van der Waals surface area contributed by atoms with Crippen molar-refractivity contribution in [2.24, 2.45) is 5.73 Å². The molecule has 1 heterocycles. The van der Waals surface area contributed by atoms with E-state index >= 15 is 0 Å². The first-order chi connectivity index (χ1) is 9.04. The highest BCUT2D eigenvalue weighted by molar-refractivity contribution is 8.00. The highest BCUT2D eigenvalue weighted by atomic mass is 35.5. The van der Waals surface area contributed by atoms with Crippen molar-refractivity contribution in [2.45, 2.75) is 11.7 Å². The van der Waals surface area contributed by atoms with Crippen molar-refractivity contribution in [2.75, 3.05) is 17.2 Å². The highest BCUT2D eigenvalue weighted by Gasteiger charge is 2.39. The summed E-state index contributed by atoms with van der Waals surface area (Å²) < 4.78 is 0. The van der Waals surface area contributed by atoms with E-state index in [1.807, 2.05) is 0 Å². The van der Waals surface area contributed by atoms with Crippen molar-refractivity contribution in [3.8, 4) is 0 Å². The molecule has 2 rings (SSSR count). The topological polar surface area (TPSA) is 63.4 Å². The molecule has 2 N–H and O–H groups in total. The SMILES string of the molecule is Cl.NCCSC1CC(=O)N(c2ccc(Cl)c(Cl)c2)C1=O. The summed E-state index contributed by atoms with van der Waals surface area (Å²) in [6, 6.07) is 4.70. The Kier molecular flexibility index (Phi) is 6.61. The summed E-state index contributed by atoms with van der Waals surface area (Å²) in [6.45, 7) is 0.482. The molecule has 0 saturated carbocycles. The molecular weight excluding hydrogens is 343 g/mol. The number of nitrogens with two attached hydrogens (primary N) is 1. The molecule has 1 fully saturated rings. The fraction of sp³-hybridized carbons (Fsp3) is 0.333. The molecule has 1 aliphatic heterocycles. The molecule has 4 nitrogen and oxygen atoms in total. The first kappa shape index (κ1) is 17.6. The Morgan fingerprint density at radius 1 is 1.30 bits per heavy atom. The number of halogens is 3. The number of carbonyl (C=O) groups is 2. The van der Waals surface area contributed by atoms with Crippen molar-refractivity contribution < 1.29 is 9.59 Å². The maximum Gasteiger partial charge on any atom is 0.247 e. The zero-order chi connectivity index (χ0) is 14.0. The van der Waals surface area contributed by atoms with Crippen LogP contribution in [0.1, 0.15) is 6.42 Å².